The van der Waals surface area contributed by atoms with E-state index in [-0.39, 0.29) is 23.4 Å². The second kappa shape index (κ2) is 10.3. The number of anilines is 1. The quantitative estimate of drug-likeness (QED) is 0.529. The number of carbonyl (C=O) groups is 2. The lowest BCUT2D eigenvalue weighted by atomic mass is 10.3. The molecule has 0 spiro atoms. The zero-order valence-corrected chi connectivity index (χ0v) is 17.5. The zero-order valence-electron chi connectivity index (χ0n) is 15.8. The Kier molecular flexibility index (Phi) is 7.48. The smallest absolute Gasteiger partial charge is 0.236 e. The molecule has 1 unspecified atom stereocenters. The van der Waals surface area contributed by atoms with Crippen molar-refractivity contribution >= 4 is 40.6 Å². The highest BCUT2D eigenvalue weighted by Gasteiger charge is 2.23. The molecule has 0 fully saturated rings. The number of carbonyl (C=O) groups excluding carboxylic acids is 2. The number of thioether (sulfide) groups is 1. The normalized spacial score (nSPS) is 11.8. The van der Waals surface area contributed by atoms with E-state index in [1.54, 1.807) is 35.5 Å². The minimum atomic E-state index is -0.399. The summed E-state index contributed by atoms with van der Waals surface area (Å²) in [5.74, 6) is 0.171. The van der Waals surface area contributed by atoms with E-state index in [0.29, 0.717) is 24.5 Å². The van der Waals surface area contributed by atoms with Crippen LogP contribution in [0.25, 0.3) is 0 Å². The number of hydrogen-bond donors (Lipinski definition) is 1. The molecule has 8 heteroatoms. The second-order valence-corrected chi connectivity index (χ2v) is 8.72. The van der Waals surface area contributed by atoms with Gasteiger partial charge in [0.25, 0.3) is 0 Å². The number of halogens is 1. The van der Waals surface area contributed by atoms with Crippen LogP contribution in [0.4, 0.5) is 10.1 Å². The highest BCUT2D eigenvalue weighted by atomic mass is 32.2. The van der Waals surface area contributed by atoms with Gasteiger partial charge in [-0.2, -0.15) is 0 Å². The van der Waals surface area contributed by atoms with Crippen molar-refractivity contribution in [3.63, 3.8) is 0 Å². The number of hydrogen-bond acceptors (Lipinski definition) is 5. The van der Waals surface area contributed by atoms with Gasteiger partial charge in [-0.25, -0.2) is 4.39 Å². The van der Waals surface area contributed by atoms with E-state index < -0.39 is 5.25 Å². The second-order valence-electron chi connectivity index (χ2n) is 6.36. The maximum absolute atomic E-state index is 13.0. The van der Waals surface area contributed by atoms with Gasteiger partial charge in [-0.3, -0.25) is 9.59 Å². The average molecular weight is 433 g/mol. The van der Waals surface area contributed by atoms with Gasteiger partial charge in [-0.05, 0) is 54.8 Å². The zero-order chi connectivity index (χ0) is 20.6. The largest absolute Gasteiger partial charge is 0.467 e. The minimum Gasteiger partial charge on any atom is -0.467 e. The van der Waals surface area contributed by atoms with E-state index in [9.17, 15) is 14.0 Å². The molecule has 0 saturated heterocycles. The first-order valence-corrected chi connectivity index (χ1v) is 10.9. The summed E-state index contributed by atoms with van der Waals surface area (Å²) in [4.78, 5) is 28.0. The fraction of sp³-hybridized carbons (Fsp3) is 0.238. The fourth-order valence-electron chi connectivity index (χ4n) is 2.65. The van der Waals surface area contributed by atoms with E-state index >= 15 is 0 Å². The van der Waals surface area contributed by atoms with Crippen molar-refractivity contribution in [3.8, 4) is 0 Å². The predicted octanol–water partition coefficient (Wildman–Crippen LogP) is 4.77. The standard InChI is InChI=1S/C21H21FN2O3S2/c1-15(29-14-20(25)23-17-8-6-16(22)7-9-17)21(26)24(12-18-4-2-10-27-18)13-19-5-3-11-28-19/h2-11,15H,12-14H2,1H3,(H,23,25). The lowest BCUT2D eigenvalue weighted by Gasteiger charge is -2.24. The van der Waals surface area contributed by atoms with Crippen molar-refractivity contribution in [3.05, 3.63) is 76.6 Å². The van der Waals surface area contributed by atoms with E-state index in [1.807, 2.05) is 23.6 Å². The summed E-state index contributed by atoms with van der Waals surface area (Å²) >= 11 is 2.86. The topological polar surface area (TPSA) is 62.6 Å². The van der Waals surface area contributed by atoms with Gasteiger partial charge < -0.3 is 14.6 Å². The van der Waals surface area contributed by atoms with E-state index in [0.717, 1.165) is 4.88 Å². The first-order valence-electron chi connectivity index (χ1n) is 9.02. The molecule has 3 aromatic rings. The van der Waals surface area contributed by atoms with Crippen LogP contribution in [-0.2, 0) is 22.7 Å². The summed E-state index contributed by atoms with van der Waals surface area (Å²) in [5, 5.41) is 4.28. The summed E-state index contributed by atoms with van der Waals surface area (Å²) in [7, 11) is 0. The van der Waals surface area contributed by atoms with Crippen LogP contribution >= 0.6 is 23.1 Å². The minimum absolute atomic E-state index is 0.0608. The molecule has 152 valence electrons. The maximum atomic E-state index is 13.0. The predicted molar refractivity (Wildman–Crippen MR) is 114 cm³/mol. The molecule has 0 aliphatic carbocycles. The number of amides is 2. The Morgan fingerprint density at radius 1 is 1.17 bits per heavy atom. The Labute approximate surface area is 176 Å². The maximum Gasteiger partial charge on any atom is 0.236 e. The van der Waals surface area contributed by atoms with Crippen LogP contribution in [0.2, 0.25) is 0 Å². The molecule has 3 rings (SSSR count). The van der Waals surface area contributed by atoms with Crippen LogP contribution in [0.15, 0.2) is 64.6 Å². The molecular formula is C21H21FN2O3S2. The van der Waals surface area contributed by atoms with Gasteiger partial charge >= 0.3 is 0 Å². The monoisotopic (exact) mass is 432 g/mol. The molecule has 0 aliphatic heterocycles. The Balaban J connectivity index is 1.56. The molecule has 2 heterocycles. The Morgan fingerprint density at radius 2 is 1.97 bits per heavy atom. The molecule has 2 amide bonds. The van der Waals surface area contributed by atoms with Gasteiger partial charge in [0.2, 0.25) is 11.8 Å². The fourth-order valence-corrected chi connectivity index (χ4v) is 4.14. The van der Waals surface area contributed by atoms with Gasteiger partial charge in [0.1, 0.15) is 11.6 Å². The third kappa shape index (κ3) is 6.47. The van der Waals surface area contributed by atoms with E-state index in [2.05, 4.69) is 5.32 Å². The van der Waals surface area contributed by atoms with Crippen LogP contribution < -0.4 is 5.32 Å². The van der Waals surface area contributed by atoms with Crippen molar-refractivity contribution in [1.29, 1.82) is 0 Å². The molecule has 0 bridgehead atoms. The van der Waals surface area contributed by atoms with Gasteiger partial charge in [0.15, 0.2) is 0 Å². The molecular weight excluding hydrogens is 411 g/mol. The number of nitrogens with zero attached hydrogens (tertiary/aromatic N) is 1. The van der Waals surface area contributed by atoms with Crippen molar-refractivity contribution < 1.29 is 18.4 Å². The van der Waals surface area contributed by atoms with Crippen LogP contribution in [0, 0.1) is 5.82 Å². The Morgan fingerprint density at radius 3 is 2.62 bits per heavy atom. The Hall–Kier alpha value is -2.58. The molecule has 5 nitrogen and oxygen atoms in total. The molecule has 29 heavy (non-hydrogen) atoms. The Bertz CT molecular complexity index is 876. The first kappa shape index (κ1) is 21.1. The molecule has 2 aromatic heterocycles. The molecule has 1 atom stereocenters. The van der Waals surface area contributed by atoms with Gasteiger partial charge in [-0.1, -0.05) is 6.07 Å². The van der Waals surface area contributed by atoms with Gasteiger partial charge in [0, 0.05) is 10.6 Å². The number of benzene rings is 1. The molecule has 1 aromatic carbocycles. The number of rotatable bonds is 9. The van der Waals surface area contributed by atoms with E-state index in [1.165, 1.54) is 36.0 Å². The summed E-state index contributed by atoms with van der Waals surface area (Å²) in [6.07, 6.45) is 1.58. The van der Waals surface area contributed by atoms with Crippen LogP contribution in [0.1, 0.15) is 17.6 Å². The molecule has 1 N–H and O–H groups in total. The van der Waals surface area contributed by atoms with Crippen molar-refractivity contribution in [2.24, 2.45) is 0 Å². The van der Waals surface area contributed by atoms with Gasteiger partial charge in [-0.15, -0.1) is 23.1 Å². The summed E-state index contributed by atoms with van der Waals surface area (Å²) < 4.78 is 18.3. The van der Waals surface area contributed by atoms with Crippen molar-refractivity contribution in [2.75, 3.05) is 11.1 Å². The highest BCUT2D eigenvalue weighted by Crippen LogP contribution is 2.20. The lowest BCUT2D eigenvalue weighted by Crippen LogP contribution is -2.36. The van der Waals surface area contributed by atoms with Crippen LogP contribution in [0.3, 0.4) is 0 Å². The summed E-state index contributed by atoms with van der Waals surface area (Å²) in [6, 6.07) is 13.1. The third-order valence-electron chi connectivity index (χ3n) is 4.11. The van der Waals surface area contributed by atoms with Crippen LogP contribution in [0.5, 0.6) is 0 Å². The van der Waals surface area contributed by atoms with Crippen molar-refractivity contribution in [1.82, 2.24) is 4.90 Å². The molecule has 0 aliphatic rings. The van der Waals surface area contributed by atoms with E-state index in [4.69, 9.17) is 4.42 Å². The summed E-state index contributed by atoms with van der Waals surface area (Å²) in [5.41, 5.74) is 0.521. The lowest BCUT2D eigenvalue weighted by molar-refractivity contribution is -0.131. The number of furan rings is 1. The van der Waals surface area contributed by atoms with Crippen LogP contribution in [-0.4, -0.2) is 27.7 Å². The average Bonchev–Trinajstić information content (AvgIpc) is 3.41. The first-order chi connectivity index (χ1) is 14.0. The number of thiophene rings is 1. The summed E-state index contributed by atoms with van der Waals surface area (Å²) in [6.45, 7) is 2.65. The van der Waals surface area contributed by atoms with Gasteiger partial charge in [0.05, 0.1) is 30.4 Å². The SMILES string of the molecule is CC(SCC(=O)Nc1ccc(F)cc1)C(=O)N(Cc1ccco1)Cc1cccs1. The molecule has 0 radical (unpaired) electrons. The van der Waals surface area contributed by atoms with Crippen molar-refractivity contribution in [2.45, 2.75) is 25.3 Å². The third-order valence-corrected chi connectivity index (χ3v) is 6.10. The highest BCUT2D eigenvalue weighted by molar-refractivity contribution is 8.01. The number of nitrogens with one attached hydrogen (secondary N) is 1. The molecule has 0 saturated carbocycles.